The van der Waals surface area contributed by atoms with Crippen molar-refractivity contribution in [3.05, 3.63) is 67.4 Å². The quantitative estimate of drug-likeness (QED) is 0.328. The van der Waals surface area contributed by atoms with Crippen LogP contribution in [0, 0.1) is 0 Å². The fraction of sp³-hybridized carbons (Fsp3) is 0.261. The minimum atomic E-state index is -0.183. The van der Waals surface area contributed by atoms with Crippen molar-refractivity contribution in [3.8, 4) is 22.9 Å². The third-order valence-electron chi connectivity index (χ3n) is 4.61. The Hall–Kier alpha value is -2.71. The molecule has 31 heavy (non-hydrogen) atoms. The summed E-state index contributed by atoms with van der Waals surface area (Å²) in [6, 6.07) is 13.4. The summed E-state index contributed by atoms with van der Waals surface area (Å²) in [7, 11) is 0. The molecule has 0 saturated heterocycles. The minimum absolute atomic E-state index is 0.183. The molecule has 0 unspecified atom stereocenters. The van der Waals surface area contributed by atoms with E-state index in [1.165, 1.54) is 15.9 Å². The van der Waals surface area contributed by atoms with Gasteiger partial charge in [0.05, 0.1) is 17.7 Å². The van der Waals surface area contributed by atoms with Crippen LogP contribution in [-0.2, 0) is 0 Å². The van der Waals surface area contributed by atoms with Crippen molar-refractivity contribution in [1.82, 2.24) is 14.6 Å². The van der Waals surface area contributed by atoms with Crippen LogP contribution in [0.2, 0.25) is 0 Å². The number of hydrogen-bond acceptors (Lipinski definition) is 6. The van der Waals surface area contributed by atoms with E-state index in [4.69, 9.17) is 9.47 Å². The van der Waals surface area contributed by atoms with Gasteiger partial charge in [0.15, 0.2) is 17.3 Å². The van der Waals surface area contributed by atoms with E-state index in [0.29, 0.717) is 34.3 Å². The lowest BCUT2D eigenvalue weighted by molar-refractivity contribution is 0.272. The summed E-state index contributed by atoms with van der Waals surface area (Å²) >= 11 is 4.74. The number of halogens is 1. The maximum absolute atomic E-state index is 12.9. The summed E-state index contributed by atoms with van der Waals surface area (Å²) in [6.07, 6.45) is 3.89. The summed E-state index contributed by atoms with van der Waals surface area (Å²) in [5, 5.41) is 4.40. The van der Waals surface area contributed by atoms with E-state index in [-0.39, 0.29) is 5.56 Å². The van der Waals surface area contributed by atoms with E-state index in [2.05, 4.69) is 32.9 Å². The number of benzene rings is 2. The monoisotopic (exact) mass is 499 g/mol. The van der Waals surface area contributed by atoms with Gasteiger partial charge in [-0.25, -0.2) is 0 Å². The van der Waals surface area contributed by atoms with Crippen LogP contribution in [0.1, 0.15) is 32.3 Å². The predicted molar refractivity (Wildman–Crippen MR) is 127 cm³/mol. The van der Waals surface area contributed by atoms with Gasteiger partial charge in [-0.05, 0) is 49.2 Å². The number of hydrogen-bond donors (Lipinski definition) is 0. The third kappa shape index (κ3) is 4.80. The molecule has 0 fully saturated rings. The van der Waals surface area contributed by atoms with E-state index in [0.717, 1.165) is 34.2 Å². The smallest absolute Gasteiger partial charge is 0.291 e. The molecule has 0 bridgehead atoms. The number of rotatable bonds is 8. The molecule has 2 aromatic heterocycles. The summed E-state index contributed by atoms with van der Waals surface area (Å²) < 4.78 is 14.5. The van der Waals surface area contributed by atoms with E-state index >= 15 is 0 Å². The number of unbranched alkanes of at least 4 members (excludes halogenated alkanes) is 1. The zero-order valence-corrected chi connectivity index (χ0v) is 19.7. The second-order valence-corrected chi connectivity index (χ2v) is 8.82. The number of fused-ring (bicyclic) bond motifs is 1. The fourth-order valence-electron chi connectivity index (χ4n) is 3.03. The van der Waals surface area contributed by atoms with Crippen LogP contribution >= 0.6 is 27.3 Å². The maximum atomic E-state index is 12.9. The van der Waals surface area contributed by atoms with Crippen molar-refractivity contribution in [2.45, 2.75) is 26.7 Å². The molecule has 2 heterocycles. The topological polar surface area (TPSA) is 65.7 Å². The van der Waals surface area contributed by atoms with E-state index in [1.807, 2.05) is 55.5 Å². The van der Waals surface area contributed by atoms with Gasteiger partial charge < -0.3 is 9.47 Å². The molecular formula is C23H22BrN3O3S. The highest BCUT2D eigenvalue weighted by molar-refractivity contribution is 9.10. The zero-order valence-electron chi connectivity index (χ0n) is 17.3. The first kappa shape index (κ1) is 21.5. The second-order valence-electron chi connectivity index (χ2n) is 6.89. The molecule has 6 nitrogen and oxygen atoms in total. The van der Waals surface area contributed by atoms with Gasteiger partial charge in [0.2, 0.25) is 4.96 Å². The molecule has 0 aliphatic rings. The van der Waals surface area contributed by atoms with E-state index in [9.17, 15) is 4.79 Å². The Morgan fingerprint density at radius 3 is 2.61 bits per heavy atom. The standard InChI is InChI=1S/C23H22BrN3O3S/c1-3-5-12-30-18-11-6-15(13-19(18)29-4-2)14-20-22(28)27-23(31-20)25-21(26-27)16-7-9-17(24)10-8-16/h6-11,13-14H,3-5,12H2,1-2H3. The van der Waals surface area contributed by atoms with E-state index < -0.39 is 0 Å². The normalized spacial score (nSPS) is 11.9. The van der Waals surface area contributed by atoms with Crippen molar-refractivity contribution in [2.24, 2.45) is 0 Å². The van der Waals surface area contributed by atoms with Crippen molar-refractivity contribution in [2.75, 3.05) is 13.2 Å². The van der Waals surface area contributed by atoms with Gasteiger partial charge in [0.1, 0.15) is 0 Å². The Balaban J connectivity index is 1.66. The molecule has 0 aliphatic heterocycles. The first-order valence-electron chi connectivity index (χ1n) is 10.2. The fourth-order valence-corrected chi connectivity index (χ4v) is 4.21. The van der Waals surface area contributed by atoms with Crippen LogP contribution in [-0.4, -0.2) is 27.8 Å². The van der Waals surface area contributed by atoms with Crippen molar-refractivity contribution in [1.29, 1.82) is 0 Å². The average Bonchev–Trinajstić information content (AvgIpc) is 3.30. The van der Waals surface area contributed by atoms with Gasteiger partial charge in [-0.3, -0.25) is 4.79 Å². The molecule has 4 rings (SSSR count). The Bertz CT molecular complexity index is 1300. The lowest BCUT2D eigenvalue weighted by Gasteiger charge is -2.12. The number of nitrogens with zero attached hydrogens (tertiary/aromatic N) is 3. The molecule has 0 spiro atoms. The molecule has 0 amide bonds. The lowest BCUT2D eigenvalue weighted by Crippen LogP contribution is -2.23. The first-order valence-corrected chi connectivity index (χ1v) is 11.8. The van der Waals surface area contributed by atoms with Gasteiger partial charge in [0, 0.05) is 10.0 Å². The molecule has 160 valence electrons. The summed E-state index contributed by atoms with van der Waals surface area (Å²) in [5.41, 5.74) is 1.54. The largest absolute Gasteiger partial charge is 0.490 e. The van der Waals surface area contributed by atoms with Crippen LogP contribution < -0.4 is 19.6 Å². The van der Waals surface area contributed by atoms with Crippen molar-refractivity contribution < 1.29 is 9.47 Å². The summed E-state index contributed by atoms with van der Waals surface area (Å²) in [6.45, 7) is 5.25. The van der Waals surface area contributed by atoms with Crippen LogP contribution in [0.15, 0.2) is 51.7 Å². The lowest BCUT2D eigenvalue weighted by atomic mass is 10.2. The van der Waals surface area contributed by atoms with Crippen LogP contribution in [0.4, 0.5) is 0 Å². The molecule has 0 radical (unpaired) electrons. The van der Waals surface area contributed by atoms with Crippen molar-refractivity contribution >= 4 is 38.3 Å². The van der Waals surface area contributed by atoms with Gasteiger partial charge in [-0.1, -0.05) is 58.8 Å². The molecule has 2 aromatic carbocycles. The highest BCUT2D eigenvalue weighted by Gasteiger charge is 2.12. The summed E-state index contributed by atoms with van der Waals surface area (Å²) in [5.74, 6) is 1.93. The number of thiazole rings is 1. The molecule has 0 N–H and O–H groups in total. The van der Waals surface area contributed by atoms with Gasteiger partial charge >= 0.3 is 0 Å². The second kappa shape index (κ2) is 9.62. The van der Waals surface area contributed by atoms with Gasteiger partial charge in [-0.2, -0.15) is 9.50 Å². The average molecular weight is 500 g/mol. The summed E-state index contributed by atoms with van der Waals surface area (Å²) in [4.78, 5) is 18.0. The molecular weight excluding hydrogens is 478 g/mol. The molecule has 0 saturated carbocycles. The highest BCUT2D eigenvalue weighted by Crippen LogP contribution is 2.29. The molecule has 0 aliphatic carbocycles. The number of ether oxygens (including phenoxy) is 2. The Morgan fingerprint density at radius 2 is 1.90 bits per heavy atom. The van der Waals surface area contributed by atoms with Crippen LogP contribution in [0.3, 0.4) is 0 Å². The maximum Gasteiger partial charge on any atom is 0.291 e. The molecule has 4 aromatic rings. The van der Waals surface area contributed by atoms with Gasteiger partial charge in [-0.15, -0.1) is 5.10 Å². The minimum Gasteiger partial charge on any atom is -0.490 e. The molecule has 8 heteroatoms. The Morgan fingerprint density at radius 1 is 1.10 bits per heavy atom. The number of aromatic nitrogens is 3. The predicted octanol–water partition coefficient (Wildman–Crippen LogP) is 4.71. The third-order valence-corrected chi connectivity index (χ3v) is 6.09. The highest BCUT2D eigenvalue weighted by atomic mass is 79.9. The zero-order chi connectivity index (χ0) is 21.8. The SMILES string of the molecule is CCCCOc1ccc(C=c2sc3nc(-c4ccc(Br)cc4)nn3c2=O)cc1OCC. The Labute approximate surface area is 192 Å². The van der Waals surface area contributed by atoms with Gasteiger partial charge in [0.25, 0.3) is 5.56 Å². The van der Waals surface area contributed by atoms with Crippen LogP contribution in [0.25, 0.3) is 22.4 Å². The van der Waals surface area contributed by atoms with Crippen LogP contribution in [0.5, 0.6) is 11.5 Å². The van der Waals surface area contributed by atoms with Crippen molar-refractivity contribution in [3.63, 3.8) is 0 Å². The molecule has 0 atom stereocenters. The van der Waals surface area contributed by atoms with E-state index in [1.54, 1.807) is 0 Å². The first-order chi connectivity index (χ1) is 15.1. The Kier molecular flexibility index (Phi) is 6.67.